The fraction of sp³-hybridized carbons (Fsp3) is 0.231. The maximum atomic E-state index is 12.9. The summed E-state index contributed by atoms with van der Waals surface area (Å²) in [6, 6.07) is 4.26. The van der Waals surface area contributed by atoms with Crippen LogP contribution in [0, 0.1) is 5.95 Å². The zero-order valence-corrected chi connectivity index (χ0v) is 11.1. The molecule has 0 fully saturated rings. The third kappa shape index (κ3) is 3.36. The number of thiophene rings is 1. The molecule has 1 atom stereocenters. The van der Waals surface area contributed by atoms with E-state index in [4.69, 9.17) is 0 Å². The van der Waals surface area contributed by atoms with Crippen molar-refractivity contribution in [3.05, 3.63) is 52.2 Å². The maximum Gasteiger partial charge on any atom is 0.251 e. The van der Waals surface area contributed by atoms with Gasteiger partial charge in [-0.25, -0.2) is 4.98 Å². The molecule has 19 heavy (non-hydrogen) atoms. The van der Waals surface area contributed by atoms with Crippen LogP contribution in [-0.4, -0.2) is 22.5 Å². The van der Waals surface area contributed by atoms with Crippen LogP contribution in [0.5, 0.6) is 0 Å². The van der Waals surface area contributed by atoms with Crippen molar-refractivity contribution in [1.29, 1.82) is 0 Å². The van der Waals surface area contributed by atoms with Crippen LogP contribution in [0.3, 0.4) is 0 Å². The second kappa shape index (κ2) is 5.46. The minimum atomic E-state index is -1.15. The van der Waals surface area contributed by atoms with Gasteiger partial charge in [0, 0.05) is 17.8 Å². The van der Waals surface area contributed by atoms with Gasteiger partial charge in [0.2, 0.25) is 5.95 Å². The summed E-state index contributed by atoms with van der Waals surface area (Å²) in [6.45, 7) is 1.66. The normalized spacial score (nSPS) is 13.8. The van der Waals surface area contributed by atoms with Crippen LogP contribution in [0.25, 0.3) is 0 Å². The first-order chi connectivity index (χ1) is 8.99. The van der Waals surface area contributed by atoms with Crippen LogP contribution < -0.4 is 5.32 Å². The Kier molecular flexibility index (Phi) is 3.92. The third-order valence-corrected chi connectivity index (χ3v) is 3.41. The van der Waals surface area contributed by atoms with Crippen LogP contribution in [0.4, 0.5) is 4.39 Å². The number of carbonyl (C=O) groups is 1. The predicted molar refractivity (Wildman–Crippen MR) is 70.4 cm³/mol. The summed E-state index contributed by atoms with van der Waals surface area (Å²) in [4.78, 5) is 15.2. The van der Waals surface area contributed by atoms with E-state index in [9.17, 15) is 14.3 Å². The second-order valence-electron chi connectivity index (χ2n) is 4.34. The number of nitrogens with one attached hydrogen (secondary N) is 1. The Hall–Kier alpha value is -1.79. The van der Waals surface area contributed by atoms with Gasteiger partial charge < -0.3 is 10.4 Å². The van der Waals surface area contributed by atoms with Crippen molar-refractivity contribution in [1.82, 2.24) is 10.3 Å². The molecule has 2 aromatic heterocycles. The smallest absolute Gasteiger partial charge is 0.251 e. The summed E-state index contributed by atoms with van der Waals surface area (Å²) in [5.74, 6) is -1.16. The molecule has 0 bridgehead atoms. The first kappa shape index (κ1) is 13.6. The van der Waals surface area contributed by atoms with Crippen molar-refractivity contribution in [2.24, 2.45) is 0 Å². The quantitative estimate of drug-likeness (QED) is 0.841. The molecule has 2 rings (SSSR count). The highest BCUT2D eigenvalue weighted by molar-refractivity contribution is 7.08. The number of hydrogen-bond acceptors (Lipinski definition) is 4. The molecule has 6 heteroatoms. The van der Waals surface area contributed by atoms with Gasteiger partial charge in [-0.15, -0.1) is 0 Å². The summed E-state index contributed by atoms with van der Waals surface area (Å²) < 4.78 is 12.9. The largest absolute Gasteiger partial charge is 0.384 e. The number of nitrogens with zero attached hydrogens (tertiary/aromatic N) is 1. The van der Waals surface area contributed by atoms with Crippen LogP contribution in [0.15, 0.2) is 35.2 Å². The Morgan fingerprint density at radius 2 is 2.37 bits per heavy atom. The van der Waals surface area contributed by atoms with Crippen molar-refractivity contribution < 1.29 is 14.3 Å². The zero-order valence-electron chi connectivity index (χ0n) is 10.3. The highest BCUT2D eigenvalue weighted by atomic mass is 32.1. The van der Waals surface area contributed by atoms with Crippen molar-refractivity contribution in [3.8, 4) is 0 Å². The summed E-state index contributed by atoms with van der Waals surface area (Å²) in [5, 5.41) is 16.5. The molecule has 0 aromatic carbocycles. The van der Waals surface area contributed by atoms with Gasteiger partial charge in [0.05, 0.1) is 6.54 Å². The van der Waals surface area contributed by atoms with Crippen molar-refractivity contribution in [2.75, 3.05) is 6.54 Å². The predicted octanol–water partition coefficient (Wildman–Crippen LogP) is 1.92. The van der Waals surface area contributed by atoms with Crippen LogP contribution >= 0.6 is 11.3 Å². The molecule has 1 unspecified atom stereocenters. The summed E-state index contributed by atoms with van der Waals surface area (Å²) >= 11 is 1.47. The molecule has 0 radical (unpaired) electrons. The van der Waals surface area contributed by atoms with Crippen LogP contribution in [-0.2, 0) is 5.60 Å². The molecule has 2 heterocycles. The lowest BCUT2D eigenvalue weighted by Crippen LogP contribution is -2.38. The Morgan fingerprint density at radius 3 is 3.00 bits per heavy atom. The summed E-state index contributed by atoms with van der Waals surface area (Å²) in [5.41, 5.74) is -0.242. The Labute approximate surface area is 113 Å². The lowest BCUT2D eigenvalue weighted by Gasteiger charge is -2.22. The molecule has 0 saturated carbocycles. The van der Waals surface area contributed by atoms with Gasteiger partial charge in [0.15, 0.2) is 0 Å². The number of pyridine rings is 1. The van der Waals surface area contributed by atoms with E-state index < -0.39 is 17.5 Å². The molecule has 0 aliphatic rings. The van der Waals surface area contributed by atoms with Gasteiger partial charge in [-0.05, 0) is 35.4 Å². The van der Waals surface area contributed by atoms with E-state index >= 15 is 0 Å². The van der Waals surface area contributed by atoms with E-state index in [1.54, 1.807) is 13.0 Å². The topological polar surface area (TPSA) is 62.2 Å². The highest BCUT2D eigenvalue weighted by Gasteiger charge is 2.24. The molecular weight excluding hydrogens is 267 g/mol. The Balaban J connectivity index is 2.01. The fourth-order valence-corrected chi connectivity index (χ4v) is 2.35. The van der Waals surface area contributed by atoms with Gasteiger partial charge in [0.25, 0.3) is 5.91 Å². The van der Waals surface area contributed by atoms with Crippen molar-refractivity contribution >= 4 is 17.2 Å². The second-order valence-corrected chi connectivity index (χ2v) is 5.12. The molecule has 0 saturated heterocycles. The standard InChI is InChI=1S/C13H13FN2O2S/c1-13(18,10-3-5-19-7-10)8-16-12(17)9-2-4-15-11(14)6-9/h2-7,18H,8H2,1H3,(H,16,17). The van der Waals surface area contributed by atoms with E-state index in [1.807, 2.05) is 10.8 Å². The Bertz CT molecular complexity index is 570. The van der Waals surface area contributed by atoms with E-state index in [0.717, 1.165) is 11.6 Å². The average molecular weight is 280 g/mol. The third-order valence-electron chi connectivity index (χ3n) is 2.72. The molecule has 2 aromatic rings. The molecule has 0 aliphatic carbocycles. The van der Waals surface area contributed by atoms with E-state index in [0.29, 0.717) is 0 Å². The molecule has 2 N–H and O–H groups in total. The van der Waals surface area contributed by atoms with Gasteiger partial charge in [-0.3, -0.25) is 4.79 Å². The monoisotopic (exact) mass is 280 g/mol. The number of carbonyl (C=O) groups excluding carboxylic acids is 1. The minimum Gasteiger partial charge on any atom is -0.384 e. The van der Waals surface area contributed by atoms with E-state index in [2.05, 4.69) is 10.3 Å². The lowest BCUT2D eigenvalue weighted by atomic mass is 9.99. The van der Waals surface area contributed by atoms with Gasteiger partial charge in [0.1, 0.15) is 5.60 Å². The van der Waals surface area contributed by atoms with Gasteiger partial charge in [-0.2, -0.15) is 15.7 Å². The van der Waals surface area contributed by atoms with Gasteiger partial charge >= 0.3 is 0 Å². The van der Waals surface area contributed by atoms with Gasteiger partial charge in [-0.1, -0.05) is 0 Å². The molecule has 0 spiro atoms. The molecule has 0 aliphatic heterocycles. The molecular formula is C13H13FN2O2S. The first-order valence-corrected chi connectivity index (χ1v) is 6.58. The van der Waals surface area contributed by atoms with Crippen molar-refractivity contribution in [2.45, 2.75) is 12.5 Å². The first-order valence-electron chi connectivity index (χ1n) is 5.64. The molecule has 1 amide bonds. The number of halogens is 1. The number of aromatic nitrogens is 1. The lowest BCUT2D eigenvalue weighted by molar-refractivity contribution is 0.0530. The molecule has 4 nitrogen and oxygen atoms in total. The summed E-state index contributed by atoms with van der Waals surface area (Å²) in [6.07, 6.45) is 1.22. The fourth-order valence-electron chi connectivity index (χ4n) is 1.57. The van der Waals surface area contributed by atoms with E-state index in [1.165, 1.54) is 23.6 Å². The minimum absolute atomic E-state index is 0.0481. The number of amides is 1. The number of rotatable bonds is 4. The highest BCUT2D eigenvalue weighted by Crippen LogP contribution is 2.22. The van der Waals surface area contributed by atoms with Crippen LogP contribution in [0.2, 0.25) is 0 Å². The Morgan fingerprint density at radius 1 is 1.58 bits per heavy atom. The zero-order chi connectivity index (χ0) is 13.9. The SMILES string of the molecule is CC(O)(CNC(=O)c1ccnc(F)c1)c1ccsc1. The van der Waals surface area contributed by atoms with Crippen LogP contribution in [0.1, 0.15) is 22.8 Å². The average Bonchev–Trinajstić information content (AvgIpc) is 2.90. The van der Waals surface area contributed by atoms with E-state index in [-0.39, 0.29) is 12.1 Å². The number of hydrogen-bond donors (Lipinski definition) is 2. The van der Waals surface area contributed by atoms with Crippen molar-refractivity contribution in [3.63, 3.8) is 0 Å². The summed E-state index contributed by atoms with van der Waals surface area (Å²) in [7, 11) is 0. The molecule has 100 valence electrons. The number of aliphatic hydroxyl groups is 1. The maximum absolute atomic E-state index is 12.9.